The second-order valence-corrected chi connectivity index (χ2v) is 11.2. The van der Waals surface area contributed by atoms with Crippen LogP contribution in [0.1, 0.15) is 42.7 Å². The van der Waals surface area contributed by atoms with Gasteiger partial charge in [0, 0.05) is 34.7 Å². The van der Waals surface area contributed by atoms with E-state index < -0.39 is 39.2 Å². The number of nitrogens with zero attached hydrogens (tertiary/aromatic N) is 2. The lowest BCUT2D eigenvalue weighted by molar-refractivity contribution is 0.0856. The fourth-order valence-electron chi connectivity index (χ4n) is 4.67. The van der Waals surface area contributed by atoms with Crippen LogP contribution in [0.2, 0.25) is 0 Å². The molecule has 0 radical (unpaired) electrons. The molecule has 1 amide bonds. The third-order valence-electron chi connectivity index (χ3n) is 6.71. The van der Waals surface area contributed by atoms with Gasteiger partial charge in [-0.3, -0.25) is 9.00 Å². The first-order valence-corrected chi connectivity index (χ1v) is 12.8. The van der Waals surface area contributed by atoms with E-state index in [4.69, 9.17) is 4.74 Å². The zero-order valence-electron chi connectivity index (χ0n) is 20.1. The highest BCUT2D eigenvalue weighted by atomic mass is 32.2. The smallest absolute Gasteiger partial charge is 0.274 e. The van der Waals surface area contributed by atoms with E-state index in [1.54, 1.807) is 13.0 Å². The minimum absolute atomic E-state index is 0.0930. The van der Waals surface area contributed by atoms with E-state index in [-0.39, 0.29) is 17.2 Å². The first-order chi connectivity index (χ1) is 16.5. The Bertz CT molecular complexity index is 1130. The molecule has 4 rings (SSSR count). The van der Waals surface area contributed by atoms with E-state index in [0.29, 0.717) is 16.9 Å². The van der Waals surface area contributed by atoms with Crippen LogP contribution in [0.5, 0.6) is 5.75 Å². The largest absolute Gasteiger partial charge is 0.459 e. The molecule has 0 bridgehead atoms. The molecule has 188 valence electrons. The lowest BCUT2D eigenvalue weighted by Crippen LogP contribution is -2.61. The SMILES string of the molecule is C=C1N[C@](C)(c2cc(NC(=O)c3ccc(OC(C)F)cn3)ccc2F)CS(=O)C12CCN(C)CC2. The summed E-state index contributed by atoms with van der Waals surface area (Å²) in [6.07, 6.45) is 1.23. The quantitative estimate of drug-likeness (QED) is 0.646. The van der Waals surface area contributed by atoms with Crippen molar-refractivity contribution >= 4 is 22.4 Å². The molecule has 2 unspecified atom stereocenters. The molecule has 1 aromatic heterocycles. The summed E-state index contributed by atoms with van der Waals surface area (Å²) in [5.74, 6) is -0.558. The molecule has 2 aromatic rings. The Hall–Kier alpha value is -2.85. The number of carbonyl (C=O) groups excluding carboxylic acids is 1. The number of benzene rings is 1. The Morgan fingerprint density at radius 3 is 2.63 bits per heavy atom. The van der Waals surface area contributed by atoms with Crippen molar-refractivity contribution in [3.8, 4) is 5.75 Å². The lowest BCUT2D eigenvalue weighted by Gasteiger charge is -2.50. The van der Waals surface area contributed by atoms with Crippen LogP contribution >= 0.6 is 0 Å². The van der Waals surface area contributed by atoms with Crippen LogP contribution in [-0.2, 0) is 16.3 Å². The van der Waals surface area contributed by atoms with Crippen LogP contribution in [0.25, 0.3) is 0 Å². The highest BCUT2D eigenvalue weighted by Gasteiger charge is 2.50. The monoisotopic (exact) mass is 504 g/mol. The number of alkyl halides is 1. The molecular formula is C25H30F2N4O3S. The van der Waals surface area contributed by atoms with Crippen LogP contribution < -0.4 is 15.4 Å². The highest BCUT2D eigenvalue weighted by Crippen LogP contribution is 2.42. The summed E-state index contributed by atoms with van der Waals surface area (Å²) in [5.41, 5.74) is 0.462. The molecule has 2 fully saturated rings. The van der Waals surface area contributed by atoms with Gasteiger partial charge < -0.3 is 20.3 Å². The predicted molar refractivity (Wildman–Crippen MR) is 132 cm³/mol. The molecule has 35 heavy (non-hydrogen) atoms. The normalized spacial score (nSPS) is 25.1. The summed E-state index contributed by atoms with van der Waals surface area (Å²) in [5, 5.41) is 6.09. The van der Waals surface area contributed by atoms with Gasteiger partial charge in [-0.05, 0) is 70.2 Å². The first-order valence-electron chi connectivity index (χ1n) is 11.5. The van der Waals surface area contributed by atoms with E-state index >= 15 is 4.39 Å². The van der Waals surface area contributed by atoms with Gasteiger partial charge in [0.15, 0.2) is 0 Å². The minimum Gasteiger partial charge on any atom is -0.459 e. The third-order valence-corrected chi connectivity index (χ3v) is 9.08. The molecular weight excluding hydrogens is 474 g/mol. The molecule has 1 spiro atoms. The van der Waals surface area contributed by atoms with Crippen molar-refractivity contribution in [2.75, 3.05) is 31.2 Å². The maximum atomic E-state index is 15.0. The van der Waals surface area contributed by atoms with E-state index in [1.807, 2.05) is 7.05 Å². The summed E-state index contributed by atoms with van der Waals surface area (Å²) in [6.45, 7) is 8.89. The van der Waals surface area contributed by atoms with Crippen LogP contribution in [0, 0.1) is 5.82 Å². The zero-order chi connectivity index (χ0) is 25.4. The number of ether oxygens (including phenoxy) is 1. The Morgan fingerprint density at radius 1 is 1.31 bits per heavy atom. The molecule has 2 aliphatic heterocycles. The Morgan fingerprint density at radius 2 is 2.03 bits per heavy atom. The van der Waals surface area contributed by atoms with Gasteiger partial charge in [0.1, 0.15) is 17.3 Å². The standard InChI is InChI=1S/C25H30F2N4O3S/c1-16-25(9-11-31(4)12-10-25)35(33)15-24(3,30-16)20-13-18(5-7-21(20)27)29-23(32)22-8-6-19(14-28-22)34-17(2)26/h5-8,13-14,17,30H,1,9-12,15H2,2-4H3,(H,29,32)/t17?,24-,35?/m0/s1. The zero-order valence-corrected chi connectivity index (χ0v) is 20.9. The maximum Gasteiger partial charge on any atom is 0.274 e. The number of aromatic nitrogens is 1. The van der Waals surface area contributed by atoms with Gasteiger partial charge in [-0.25, -0.2) is 13.8 Å². The van der Waals surface area contributed by atoms with Crippen molar-refractivity contribution in [1.82, 2.24) is 15.2 Å². The molecule has 1 aromatic carbocycles. The fourth-order valence-corrected chi connectivity index (χ4v) is 6.66. The van der Waals surface area contributed by atoms with Crippen LogP contribution in [0.15, 0.2) is 48.8 Å². The molecule has 2 saturated heterocycles. The number of anilines is 1. The van der Waals surface area contributed by atoms with Crippen molar-refractivity contribution in [3.63, 3.8) is 0 Å². The number of hydrogen-bond donors (Lipinski definition) is 2. The van der Waals surface area contributed by atoms with Crippen molar-refractivity contribution in [3.05, 3.63) is 65.9 Å². The van der Waals surface area contributed by atoms with Gasteiger partial charge in [0.25, 0.3) is 5.91 Å². The van der Waals surface area contributed by atoms with Crippen molar-refractivity contribution in [2.24, 2.45) is 0 Å². The van der Waals surface area contributed by atoms with Gasteiger partial charge in [-0.15, -0.1) is 0 Å². The second-order valence-electron chi connectivity index (χ2n) is 9.41. The number of carbonyl (C=O) groups is 1. The number of pyridine rings is 1. The maximum absolute atomic E-state index is 15.0. The fraction of sp³-hybridized carbons (Fsp3) is 0.440. The predicted octanol–water partition coefficient (Wildman–Crippen LogP) is 3.71. The summed E-state index contributed by atoms with van der Waals surface area (Å²) in [6, 6.07) is 7.13. The van der Waals surface area contributed by atoms with Gasteiger partial charge in [0.2, 0.25) is 6.36 Å². The molecule has 2 N–H and O–H groups in total. The van der Waals surface area contributed by atoms with Gasteiger partial charge in [0.05, 0.1) is 22.2 Å². The minimum atomic E-state index is -1.50. The number of nitrogens with one attached hydrogen (secondary N) is 2. The average Bonchev–Trinajstić information content (AvgIpc) is 2.80. The topological polar surface area (TPSA) is 83.6 Å². The number of amides is 1. The van der Waals surface area contributed by atoms with E-state index in [1.165, 1.54) is 37.4 Å². The van der Waals surface area contributed by atoms with E-state index in [0.717, 1.165) is 25.9 Å². The van der Waals surface area contributed by atoms with Crippen molar-refractivity contribution in [1.29, 1.82) is 0 Å². The Balaban J connectivity index is 1.53. The highest BCUT2D eigenvalue weighted by molar-refractivity contribution is 7.86. The van der Waals surface area contributed by atoms with Crippen LogP contribution in [-0.4, -0.2) is 57.0 Å². The number of piperidine rings is 1. The van der Waals surface area contributed by atoms with E-state index in [2.05, 4.69) is 27.1 Å². The summed E-state index contributed by atoms with van der Waals surface area (Å²) in [4.78, 5) is 18.9. The molecule has 0 aliphatic carbocycles. The third kappa shape index (κ3) is 5.08. The number of rotatable bonds is 5. The van der Waals surface area contributed by atoms with Gasteiger partial charge in [-0.2, -0.15) is 0 Å². The molecule has 3 atom stereocenters. The number of likely N-dealkylation sites (tertiary alicyclic amines) is 1. The molecule has 7 nitrogen and oxygen atoms in total. The Kier molecular flexibility index (Phi) is 6.97. The Labute approximate surface area is 206 Å². The van der Waals surface area contributed by atoms with Crippen molar-refractivity contribution < 1.29 is 22.5 Å². The first kappa shape index (κ1) is 25.2. The van der Waals surface area contributed by atoms with Gasteiger partial charge in [-0.1, -0.05) is 6.58 Å². The number of hydrogen-bond acceptors (Lipinski definition) is 6. The summed E-state index contributed by atoms with van der Waals surface area (Å²) in [7, 11) is 0.784. The lowest BCUT2D eigenvalue weighted by atomic mass is 9.87. The second kappa shape index (κ2) is 9.66. The molecule has 3 heterocycles. The molecule has 0 saturated carbocycles. The molecule has 10 heteroatoms. The summed E-state index contributed by atoms with van der Waals surface area (Å²) < 4.78 is 45.8. The number of halogens is 2. The van der Waals surface area contributed by atoms with Crippen LogP contribution in [0.4, 0.5) is 14.5 Å². The average molecular weight is 505 g/mol. The van der Waals surface area contributed by atoms with Crippen molar-refractivity contribution in [2.45, 2.75) is 43.3 Å². The molecule has 2 aliphatic rings. The van der Waals surface area contributed by atoms with Crippen LogP contribution in [0.3, 0.4) is 0 Å². The summed E-state index contributed by atoms with van der Waals surface area (Å²) >= 11 is 0. The van der Waals surface area contributed by atoms with Gasteiger partial charge >= 0.3 is 0 Å². The van der Waals surface area contributed by atoms with E-state index in [9.17, 15) is 13.4 Å².